The summed E-state index contributed by atoms with van der Waals surface area (Å²) in [5, 5.41) is 0. The number of ether oxygens (including phenoxy) is 1. The summed E-state index contributed by atoms with van der Waals surface area (Å²) in [5.41, 5.74) is 7.37. The van der Waals surface area contributed by atoms with Crippen LogP contribution in [0, 0.1) is 5.41 Å². The van der Waals surface area contributed by atoms with Crippen molar-refractivity contribution in [2.24, 2.45) is 5.41 Å². The smallest absolute Gasteiger partial charge is 0.244 e. The van der Waals surface area contributed by atoms with Crippen molar-refractivity contribution in [1.82, 2.24) is 4.72 Å². The van der Waals surface area contributed by atoms with Crippen molar-refractivity contribution < 1.29 is 13.2 Å². The summed E-state index contributed by atoms with van der Waals surface area (Å²) in [6.45, 7) is 3.15. The summed E-state index contributed by atoms with van der Waals surface area (Å²) >= 11 is 0. The van der Waals surface area contributed by atoms with Gasteiger partial charge in [0.15, 0.2) is 0 Å². The van der Waals surface area contributed by atoms with Gasteiger partial charge in [0.1, 0.15) is 10.6 Å². The first-order valence-corrected chi connectivity index (χ1v) is 8.99. The van der Waals surface area contributed by atoms with Crippen LogP contribution in [-0.4, -0.2) is 21.6 Å². The van der Waals surface area contributed by atoms with E-state index in [1.165, 1.54) is 6.07 Å². The van der Waals surface area contributed by atoms with Crippen LogP contribution >= 0.6 is 0 Å². The summed E-state index contributed by atoms with van der Waals surface area (Å²) in [5.74, 6) is 0.476. The first-order valence-electron chi connectivity index (χ1n) is 7.51. The molecule has 6 heteroatoms. The normalized spacial score (nSPS) is 19.7. The van der Waals surface area contributed by atoms with Crippen LogP contribution in [0.3, 0.4) is 0 Å². The van der Waals surface area contributed by atoms with Crippen LogP contribution in [0.4, 0.5) is 5.69 Å². The third-order valence-corrected chi connectivity index (χ3v) is 6.03. The molecule has 1 saturated carbocycles. The average Bonchev–Trinajstić information content (AvgIpc) is 3.25. The minimum absolute atomic E-state index is 0.161. The molecule has 5 nitrogen and oxygen atoms in total. The molecule has 0 bridgehead atoms. The zero-order chi connectivity index (χ0) is 15.1. The fourth-order valence-electron chi connectivity index (χ4n) is 2.83. The van der Waals surface area contributed by atoms with Crippen molar-refractivity contribution in [3.63, 3.8) is 0 Å². The van der Waals surface area contributed by atoms with Gasteiger partial charge in [0, 0.05) is 12.2 Å². The van der Waals surface area contributed by atoms with Gasteiger partial charge in [0.25, 0.3) is 0 Å². The molecule has 0 unspecified atom stereocenters. The van der Waals surface area contributed by atoms with E-state index < -0.39 is 10.0 Å². The molecular formula is C15H22N2O3S. The van der Waals surface area contributed by atoms with Gasteiger partial charge in [-0.15, -0.1) is 0 Å². The van der Waals surface area contributed by atoms with E-state index in [1.54, 1.807) is 0 Å². The van der Waals surface area contributed by atoms with Gasteiger partial charge < -0.3 is 10.5 Å². The van der Waals surface area contributed by atoms with Gasteiger partial charge >= 0.3 is 0 Å². The molecule has 1 heterocycles. The van der Waals surface area contributed by atoms with Gasteiger partial charge in [-0.05, 0) is 55.2 Å². The lowest BCUT2D eigenvalue weighted by Crippen LogP contribution is -2.31. The highest BCUT2D eigenvalue weighted by Gasteiger charge is 2.41. The molecule has 1 fully saturated rings. The molecule has 2 aliphatic rings. The van der Waals surface area contributed by atoms with Gasteiger partial charge in [0.05, 0.1) is 6.61 Å². The number of nitrogens with one attached hydrogen (secondary N) is 1. The van der Waals surface area contributed by atoms with Crippen molar-refractivity contribution in [3.8, 4) is 5.75 Å². The quantitative estimate of drug-likeness (QED) is 0.816. The van der Waals surface area contributed by atoms with E-state index in [0.717, 1.165) is 37.7 Å². The minimum atomic E-state index is -3.58. The van der Waals surface area contributed by atoms with E-state index in [0.29, 0.717) is 24.6 Å². The molecule has 1 aromatic carbocycles. The molecule has 0 saturated heterocycles. The molecule has 1 aromatic rings. The third-order valence-electron chi connectivity index (χ3n) is 4.62. The molecular weight excluding hydrogens is 288 g/mol. The molecule has 0 aromatic heterocycles. The lowest BCUT2D eigenvalue weighted by Gasteiger charge is -2.22. The lowest BCUT2D eigenvalue weighted by atomic mass is 10.1. The van der Waals surface area contributed by atoms with Crippen molar-refractivity contribution in [2.75, 3.05) is 18.9 Å². The van der Waals surface area contributed by atoms with E-state index in [1.807, 2.05) is 6.07 Å². The van der Waals surface area contributed by atoms with E-state index in [9.17, 15) is 8.42 Å². The number of nitrogen functional groups attached to an aromatic ring is 1. The van der Waals surface area contributed by atoms with E-state index in [2.05, 4.69) is 11.6 Å². The monoisotopic (exact) mass is 310 g/mol. The van der Waals surface area contributed by atoms with Crippen LogP contribution in [0.2, 0.25) is 0 Å². The Kier molecular flexibility index (Phi) is 3.61. The van der Waals surface area contributed by atoms with Crippen LogP contribution in [0.25, 0.3) is 0 Å². The topological polar surface area (TPSA) is 81.4 Å². The zero-order valence-corrected chi connectivity index (χ0v) is 13.1. The maximum atomic E-state index is 12.6. The number of fused-ring (bicyclic) bond motifs is 1. The van der Waals surface area contributed by atoms with E-state index in [-0.39, 0.29) is 10.3 Å². The van der Waals surface area contributed by atoms with Crippen molar-refractivity contribution in [3.05, 3.63) is 17.7 Å². The Bertz CT molecular complexity index is 651. The predicted molar refractivity (Wildman–Crippen MR) is 81.8 cm³/mol. The van der Waals surface area contributed by atoms with Gasteiger partial charge in [-0.1, -0.05) is 6.92 Å². The summed E-state index contributed by atoms with van der Waals surface area (Å²) < 4.78 is 33.5. The second-order valence-corrected chi connectivity index (χ2v) is 7.87. The summed E-state index contributed by atoms with van der Waals surface area (Å²) in [7, 11) is -3.58. The maximum Gasteiger partial charge on any atom is 0.244 e. The second kappa shape index (κ2) is 5.18. The van der Waals surface area contributed by atoms with Crippen LogP contribution in [-0.2, 0) is 16.4 Å². The van der Waals surface area contributed by atoms with Gasteiger partial charge in [-0.2, -0.15) is 0 Å². The van der Waals surface area contributed by atoms with Gasteiger partial charge in [0.2, 0.25) is 10.0 Å². The Labute approximate surface area is 125 Å². The Morgan fingerprint density at radius 2 is 2.14 bits per heavy atom. The highest BCUT2D eigenvalue weighted by Crippen LogP contribution is 2.48. The molecule has 0 radical (unpaired) electrons. The maximum absolute atomic E-state index is 12.6. The highest BCUT2D eigenvalue weighted by molar-refractivity contribution is 7.89. The number of aryl methyl sites for hydroxylation is 1. The second-order valence-electron chi connectivity index (χ2n) is 6.14. The fraction of sp³-hybridized carbons (Fsp3) is 0.600. The molecule has 0 spiro atoms. The Morgan fingerprint density at radius 1 is 1.38 bits per heavy atom. The molecule has 3 N–H and O–H groups in total. The number of hydrogen-bond donors (Lipinski definition) is 2. The SMILES string of the molecule is CCC1(CNS(=O)(=O)c2cc(N)cc3c2OCCC3)CC1. The largest absolute Gasteiger partial charge is 0.492 e. The number of nitrogens with two attached hydrogens (primary N) is 1. The summed E-state index contributed by atoms with van der Waals surface area (Å²) in [6.07, 6.45) is 4.89. The van der Waals surface area contributed by atoms with Crippen molar-refractivity contribution in [2.45, 2.75) is 43.9 Å². The molecule has 21 heavy (non-hydrogen) atoms. The number of sulfonamides is 1. The standard InChI is InChI=1S/C15H22N2O3S/c1-2-15(5-6-15)10-17-21(18,19)13-9-12(16)8-11-4-3-7-20-14(11)13/h8-9,17H,2-7,10,16H2,1H3. The van der Waals surface area contributed by atoms with E-state index >= 15 is 0 Å². The lowest BCUT2D eigenvalue weighted by molar-refractivity contribution is 0.280. The summed E-state index contributed by atoms with van der Waals surface area (Å²) in [6, 6.07) is 3.31. The first kappa shape index (κ1) is 14.7. The number of benzene rings is 1. The van der Waals surface area contributed by atoms with Crippen LogP contribution < -0.4 is 15.2 Å². The number of anilines is 1. The van der Waals surface area contributed by atoms with Crippen LogP contribution in [0.5, 0.6) is 5.75 Å². The highest BCUT2D eigenvalue weighted by atomic mass is 32.2. The number of hydrogen-bond acceptors (Lipinski definition) is 4. The molecule has 0 amide bonds. The van der Waals surface area contributed by atoms with Gasteiger partial charge in [-0.25, -0.2) is 13.1 Å². The molecule has 0 atom stereocenters. The fourth-order valence-corrected chi connectivity index (χ4v) is 4.20. The first-order chi connectivity index (χ1) is 9.96. The van der Waals surface area contributed by atoms with Gasteiger partial charge in [-0.3, -0.25) is 0 Å². The molecule has 116 valence electrons. The van der Waals surface area contributed by atoms with Crippen LogP contribution in [0.1, 0.15) is 38.2 Å². The Morgan fingerprint density at radius 3 is 2.81 bits per heavy atom. The van der Waals surface area contributed by atoms with E-state index in [4.69, 9.17) is 10.5 Å². The molecule has 3 rings (SSSR count). The number of rotatable bonds is 5. The average molecular weight is 310 g/mol. The molecule has 1 aliphatic carbocycles. The minimum Gasteiger partial charge on any atom is -0.492 e. The zero-order valence-electron chi connectivity index (χ0n) is 12.3. The molecule has 1 aliphatic heterocycles. The Balaban J connectivity index is 1.89. The Hall–Kier alpha value is -1.27. The van der Waals surface area contributed by atoms with Crippen molar-refractivity contribution >= 4 is 15.7 Å². The predicted octanol–water partition coefficient (Wildman–Crippen LogP) is 2.06. The third kappa shape index (κ3) is 2.87. The van der Waals surface area contributed by atoms with Crippen molar-refractivity contribution in [1.29, 1.82) is 0 Å². The summed E-state index contributed by atoms with van der Waals surface area (Å²) in [4.78, 5) is 0.184. The van der Waals surface area contributed by atoms with Crippen LogP contribution in [0.15, 0.2) is 17.0 Å².